The molecule has 0 amide bonds. The standard InChI is InChI=1S/C11H15N3O3/c1-16-10-11(17-2)13-9(7-12-10)14-5-3-8(15)4-6-14/h7H,3-6H2,1-2H3. The number of ketones is 1. The maximum atomic E-state index is 11.2. The molecule has 0 aromatic carbocycles. The fourth-order valence-electron chi connectivity index (χ4n) is 1.76. The molecule has 1 aliphatic rings. The molecule has 0 radical (unpaired) electrons. The molecule has 0 unspecified atom stereocenters. The molecular weight excluding hydrogens is 222 g/mol. The van der Waals surface area contributed by atoms with Crippen LogP contribution in [0.2, 0.25) is 0 Å². The number of hydrogen-bond donors (Lipinski definition) is 0. The predicted octanol–water partition coefficient (Wildman–Crippen LogP) is 0.663. The van der Waals surface area contributed by atoms with E-state index in [0.717, 1.165) is 5.82 Å². The van der Waals surface area contributed by atoms with Crippen molar-refractivity contribution >= 4 is 11.6 Å². The molecule has 0 N–H and O–H groups in total. The van der Waals surface area contributed by atoms with Gasteiger partial charge in [-0.2, -0.15) is 4.98 Å². The van der Waals surface area contributed by atoms with Crippen molar-refractivity contribution in [1.29, 1.82) is 0 Å². The maximum absolute atomic E-state index is 11.2. The predicted molar refractivity (Wildman–Crippen MR) is 61.6 cm³/mol. The van der Waals surface area contributed by atoms with E-state index in [1.54, 1.807) is 6.20 Å². The van der Waals surface area contributed by atoms with Gasteiger partial charge in [0, 0.05) is 25.9 Å². The summed E-state index contributed by atoms with van der Waals surface area (Å²) in [6.07, 6.45) is 2.77. The highest BCUT2D eigenvalue weighted by molar-refractivity contribution is 5.80. The number of nitrogens with zero attached hydrogens (tertiary/aromatic N) is 3. The lowest BCUT2D eigenvalue weighted by atomic mass is 10.1. The van der Waals surface area contributed by atoms with E-state index >= 15 is 0 Å². The van der Waals surface area contributed by atoms with Crippen LogP contribution >= 0.6 is 0 Å². The normalized spacial score (nSPS) is 15.9. The molecule has 1 aromatic rings. The van der Waals surface area contributed by atoms with E-state index in [-0.39, 0.29) is 0 Å². The van der Waals surface area contributed by atoms with Crippen LogP contribution in [0.1, 0.15) is 12.8 Å². The molecule has 92 valence electrons. The summed E-state index contributed by atoms with van der Waals surface area (Å²) < 4.78 is 10.1. The van der Waals surface area contributed by atoms with E-state index in [0.29, 0.717) is 43.5 Å². The van der Waals surface area contributed by atoms with Crippen LogP contribution in [-0.2, 0) is 4.79 Å². The van der Waals surface area contributed by atoms with E-state index < -0.39 is 0 Å². The number of aromatic nitrogens is 2. The van der Waals surface area contributed by atoms with Gasteiger partial charge < -0.3 is 14.4 Å². The Morgan fingerprint density at radius 1 is 1.18 bits per heavy atom. The fraction of sp³-hybridized carbons (Fsp3) is 0.545. The lowest BCUT2D eigenvalue weighted by Crippen LogP contribution is -2.34. The first-order chi connectivity index (χ1) is 8.24. The summed E-state index contributed by atoms with van der Waals surface area (Å²) in [5.41, 5.74) is 0. The molecule has 0 aliphatic carbocycles. The zero-order chi connectivity index (χ0) is 12.3. The first kappa shape index (κ1) is 11.6. The first-order valence-electron chi connectivity index (χ1n) is 5.46. The highest BCUT2D eigenvalue weighted by atomic mass is 16.5. The molecular formula is C11H15N3O3. The van der Waals surface area contributed by atoms with Crippen LogP contribution in [0.15, 0.2) is 6.20 Å². The number of ether oxygens (including phenoxy) is 2. The van der Waals surface area contributed by atoms with E-state index in [4.69, 9.17) is 9.47 Å². The van der Waals surface area contributed by atoms with Crippen molar-refractivity contribution in [3.63, 3.8) is 0 Å². The van der Waals surface area contributed by atoms with Crippen molar-refractivity contribution in [2.24, 2.45) is 0 Å². The largest absolute Gasteiger partial charge is 0.477 e. The van der Waals surface area contributed by atoms with Gasteiger partial charge in [-0.15, -0.1) is 0 Å². The van der Waals surface area contributed by atoms with E-state index in [1.807, 2.05) is 4.90 Å². The Morgan fingerprint density at radius 2 is 1.82 bits per heavy atom. The molecule has 0 bridgehead atoms. The number of anilines is 1. The quantitative estimate of drug-likeness (QED) is 0.769. The lowest BCUT2D eigenvalue weighted by molar-refractivity contribution is -0.119. The second-order valence-electron chi connectivity index (χ2n) is 3.77. The molecule has 6 nitrogen and oxygen atoms in total. The smallest absolute Gasteiger partial charge is 0.279 e. The lowest BCUT2D eigenvalue weighted by Gasteiger charge is -2.26. The molecule has 2 heterocycles. The van der Waals surface area contributed by atoms with Gasteiger partial charge in [0.2, 0.25) is 0 Å². The number of methoxy groups -OCH3 is 2. The highest BCUT2D eigenvalue weighted by Gasteiger charge is 2.19. The van der Waals surface area contributed by atoms with Gasteiger partial charge in [-0.25, -0.2) is 4.98 Å². The summed E-state index contributed by atoms with van der Waals surface area (Å²) in [6, 6.07) is 0. The van der Waals surface area contributed by atoms with Crippen molar-refractivity contribution < 1.29 is 14.3 Å². The Hall–Kier alpha value is -1.85. The summed E-state index contributed by atoms with van der Waals surface area (Å²) >= 11 is 0. The third-order valence-corrected chi connectivity index (χ3v) is 2.73. The van der Waals surface area contributed by atoms with Crippen LogP contribution in [-0.4, -0.2) is 43.1 Å². The van der Waals surface area contributed by atoms with Crippen molar-refractivity contribution in [3.05, 3.63) is 6.20 Å². The molecule has 0 atom stereocenters. The van der Waals surface area contributed by atoms with Crippen molar-refractivity contribution in [3.8, 4) is 11.8 Å². The second-order valence-corrected chi connectivity index (χ2v) is 3.77. The van der Waals surface area contributed by atoms with Gasteiger partial charge in [0.1, 0.15) is 5.78 Å². The summed E-state index contributed by atoms with van der Waals surface area (Å²) in [5.74, 6) is 1.75. The topological polar surface area (TPSA) is 64.5 Å². The molecule has 1 saturated heterocycles. The number of carbonyl (C=O) groups is 1. The maximum Gasteiger partial charge on any atom is 0.279 e. The zero-order valence-corrected chi connectivity index (χ0v) is 9.97. The van der Waals surface area contributed by atoms with E-state index in [1.165, 1.54) is 14.2 Å². The third kappa shape index (κ3) is 2.46. The number of rotatable bonds is 3. The zero-order valence-electron chi connectivity index (χ0n) is 9.97. The molecule has 1 aliphatic heterocycles. The molecule has 1 fully saturated rings. The summed E-state index contributed by atoms with van der Waals surface area (Å²) in [7, 11) is 3.04. The van der Waals surface area contributed by atoms with Gasteiger partial charge in [0.25, 0.3) is 11.8 Å². The summed E-state index contributed by atoms with van der Waals surface area (Å²) in [5, 5.41) is 0. The van der Waals surface area contributed by atoms with Crippen molar-refractivity contribution in [1.82, 2.24) is 9.97 Å². The van der Waals surface area contributed by atoms with Gasteiger partial charge in [-0.05, 0) is 0 Å². The number of Topliss-reactive ketones (excluding diaryl/α,β-unsaturated/α-hetero) is 1. The minimum Gasteiger partial charge on any atom is -0.477 e. The monoisotopic (exact) mass is 237 g/mol. The SMILES string of the molecule is COc1ncc(N2CCC(=O)CC2)nc1OC. The average Bonchev–Trinajstić information content (AvgIpc) is 2.39. The minimum atomic E-state index is 0.301. The van der Waals surface area contributed by atoms with Gasteiger partial charge in [-0.1, -0.05) is 0 Å². The van der Waals surface area contributed by atoms with E-state index in [9.17, 15) is 4.79 Å². The van der Waals surface area contributed by atoms with Crippen LogP contribution in [0.3, 0.4) is 0 Å². The van der Waals surface area contributed by atoms with Gasteiger partial charge >= 0.3 is 0 Å². The number of carbonyl (C=O) groups excluding carboxylic acids is 1. The summed E-state index contributed by atoms with van der Waals surface area (Å²) in [6.45, 7) is 1.37. The first-order valence-corrected chi connectivity index (χ1v) is 5.46. The third-order valence-electron chi connectivity index (χ3n) is 2.73. The number of hydrogen-bond acceptors (Lipinski definition) is 6. The van der Waals surface area contributed by atoms with Crippen LogP contribution in [0.5, 0.6) is 11.8 Å². The number of piperidine rings is 1. The molecule has 2 rings (SSSR count). The molecule has 17 heavy (non-hydrogen) atoms. The Balaban J connectivity index is 2.18. The molecule has 0 saturated carbocycles. The van der Waals surface area contributed by atoms with Crippen LogP contribution in [0.25, 0.3) is 0 Å². The van der Waals surface area contributed by atoms with Crippen molar-refractivity contribution in [2.75, 3.05) is 32.2 Å². The second kappa shape index (κ2) is 4.99. The van der Waals surface area contributed by atoms with Crippen LogP contribution < -0.4 is 14.4 Å². The Morgan fingerprint density at radius 3 is 2.41 bits per heavy atom. The summed E-state index contributed by atoms with van der Waals surface area (Å²) in [4.78, 5) is 21.6. The van der Waals surface area contributed by atoms with E-state index in [2.05, 4.69) is 9.97 Å². The average molecular weight is 237 g/mol. The minimum absolute atomic E-state index is 0.301. The van der Waals surface area contributed by atoms with Crippen LogP contribution in [0.4, 0.5) is 5.82 Å². The van der Waals surface area contributed by atoms with Gasteiger partial charge in [0.15, 0.2) is 5.82 Å². The van der Waals surface area contributed by atoms with Gasteiger partial charge in [-0.3, -0.25) is 4.79 Å². The van der Waals surface area contributed by atoms with Crippen molar-refractivity contribution in [2.45, 2.75) is 12.8 Å². The van der Waals surface area contributed by atoms with Gasteiger partial charge in [0.05, 0.1) is 20.4 Å². The van der Waals surface area contributed by atoms with Crippen LogP contribution in [0, 0.1) is 0 Å². The Kier molecular flexibility index (Phi) is 3.41. The Bertz CT molecular complexity index is 412. The molecule has 0 spiro atoms. The molecule has 6 heteroatoms. The highest BCUT2D eigenvalue weighted by Crippen LogP contribution is 2.25. The Labute approximate surface area is 99.6 Å². The molecule has 1 aromatic heterocycles. The fourth-order valence-corrected chi connectivity index (χ4v) is 1.76.